The van der Waals surface area contributed by atoms with Crippen molar-refractivity contribution in [3.63, 3.8) is 0 Å². The van der Waals surface area contributed by atoms with E-state index in [0.29, 0.717) is 28.1 Å². The zero-order chi connectivity index (χ0) is 16.7. The molecule has 1 amide bonds. The number of carbonyl (C=O) groups excluding carboxylic acids is 1. The first kappa shape index (κ1) is 18.8. The van der Waals surface area contributed by atoms with Crippen LogP contribution in [-0.4, -0.2) is 24.6 Å². The number of rotatable bonds is 5. The largest absolute Gasteiger partial charge is 0.465 e. The highest BCUT2D eigenvalue weighted by Crippen LogP contribution is 2.22. The van der Waals surface area contributed by atoms with E-state index in [9.17, 15) is 4.79 Å². The summed E-state index contributed by atoms with van der Waals surface area (Å²) in [6, 6.07) is 5.00. The Hall–Kier alpha value is -1.26. The molecular formula is C16H22Cl2N2O2. The molecule has 0 aliphatic rings. The second-order valence-corrected chi connectivity index (χ2v) is 6.29. The lowest BCUT2D eigenvalue weighted by molar-refractivity contribution is 0.0963. The molecule has 122 valence electrons. The van der Waals surface area contributed by atoms with Crippen molar-refractivity contribution in [2.75, 3.05) is 6.61 Å². The summed E-state index contributed by atoms with van der Waals surface area (Å²) in [5, 5.41) is 3.42. The number of hydrogen-bond donors (Lipinski definition) is 1. The molecule has 0 saturated carbocycles. The van der Waals surface area contributed by atoms with Crippen molar-refractivity contribution in [1.82, 2.24) is 5.32 Å². The van der Waals surface area contributed by atoms with Crippen LogP contribution in [0.5, 0.6) is 0 Å². The van der Waals surface area contributed by atoms with E-state index < -0.39 is 0 Å². The molecule has 1 rings (SSSR count). The zero-order valence-electron chi connectivity index (χ0n) is 13.3. The van der Waals surface area contributed by atoms with Gasteiger partial charge in [-0.2, -0.15) is 0 Å². The maximum atomic E-state index is 12.3. The van der Waals surface area contributed by atoms with Gasteiger partial charge in [0, 0.05) is 5.56 Å². The van der Waals surface area contributed by atoms with Crippen molar-refractivity contribution in [3.05, 3.63) is 33.8 Å². The molecule has 1 atom stereocenters. The van der Waals surface area contributed by atoms with Gasteiger partial charge in [-0.3, -0.25) is 10.1 Å². The van der Waals surface area contributed by atoms with E-state index in [4.69, 9.17) is 27.9 Å². The summed E-state index contributed by atoms with van der Waals surface area (Å²) in [7, 11) is 0. The van der Waals surface area contributed by atoms with Crippen molar-refractivity contribution in [3.8, 4) is 0 Å². The number of halogens is 2. The van der Waals surface area contributed by atoms with Crippen LogP contribution in [0.4, 0.5) is 0 Å². The van der Waals surface area contributed by atoms with E-state index in [1.807, 2.05) is 27.7 Å². The van der Waals surface area contributed by atoms with Gasteiger partial charge in [-0.1, -0.05) is 44.0 Å². The van der Waals surface area contributed by atoms with E-state index in [-0.39, 0.29) is 18.0 Å². The highest BCUT2D eigenvalue weighted by molar-refractivity contribution is 6.42. The van der Waals surface area contributed by atoms with Crippen molar-refractivity contribution >= 4 is 35.1 Å². The van der Waals surface area contributed by atoms with Crippen LogP contribution >= 0.6 is 23.2 Å². The lowest BCUT2D eigenvalue weighted by atomic mass is 10.2. The zero-order valence-corrected chi connectivity index (χ0v) is 14.8. The normalized spacial score (nSPS) is 13.1. The minimum Gasteiger partial charge on any atom is -0.465 e. The van der Waals surface area contributed by atoms with Gasteiger partial charge in [0.15, 0.2) is 0 Å². The van der Waals surface area contributed by atoms with Gasteiger partial charge >= 0.3 is 0 Å². The van der Waals surface area contributed by atoms with Crippen LogP contribution in [-0.2, 0) is 4.74 Å². The summed E-state index contributed by atoms with van der Waals surface area (Å²) in [5.41, 5.74) is 0.402. The van der Waals surface area contributed by atoms with E-state index in [2.05, 4.69) is 10.3 Å². The number of carbonyl (C=O) groups is 1. The molecule has 0 saturated heterocycles. The van der Waals surface area contributed by atoms with Crippen molar-refractivity contribution in [2.45, 2.75) is 40.2 Å². The molecule has 1 aromatic carbocycles. The minimum atomic E-state index is -0.329. The predicted octanol–water partition coefficient (Wildman–Crippen LogP) is 4.55. The average Bonchev–Trinajstić information content (AvgIpc) is 2.47. The maximum Gasteiger partial charge on any atom is 0.291 e. The Morgan fingerprint density at radius 3 is 2.50 bits per heavy atom. The number of amides is 1. The molecule has 1 N–H and O–H groups in total. The standard InChI is InChI=1S/C16H22Cl2N2O2/c1-5-11(4)19-16(22-9-10(2)3)20-15(21)12-6-7-13(17)14(18)8-12/h6-8,10-11H,5,9H2,1-4H3,(H,19,20,21). The number of nitrogens with one attached hydrogen (secondary N) is 1. The number of ether oxygens (including phenoxy) is 1. The Balaban J connectivity index is 2.85. The first-order valence-corrected chi connectivity index (χ1v) is 8.06. The third kappa shape index (κ3) is 6.24. The van der Waals surface area contributed by atoms with Crippen LogP contribution in [0.3, 0.4) is 0 Å². The molecule has 6 heteroatoms. The third-order valence-corrected chi connectivity index (χ3v) is 3.62. The third-order valence-electron chi connectivity index (χ3n) is 2.88. The van der Waals surface area contributed by atoms with Crippen molar-refractivity contribution in [2.24, 2.45) is 10.9 Å². The molecule has 0 spiro atoms. The molecule has 0 aromatic heterocycles. The van der Waals surface area contributed by atoms with Gasteiger partial charge in [0.25, 0.3) is 11.9 Å². The molecule has 1 unspecified atom stereocenters. The lowest BCUT2D eigenvalue weighted by Crippen LogP contribution is -2.34. The second kappa shape index (κ2) is 9.01. The maximum absolute atomic E-state index is 12.3. The van der Waals surface area contributed by atoms with E-state index in [0.717, 1.165) is 6.42 Å². The molecule has 0 radical (unpaired) electrons. The highest BCUT2D eigenvalue weighted by Gasteiger charge is 2.13. The molecule has 4 nitrogen and oxygen atoms in total. The molecule has 22 heavy (non-hydrogen) atoms. The van der Waals surface area contributed by atoms with Crippen LogP contribution in [0.1, 0.15) is 44.5 Å². The Bertz CT molecular complexity index is 545. The summed E-state index contributed by atoms with van der Waals surface area (Å²) in [6.07, 6.45) is 0.858. The second-order valence-electron chi connectivity index (χ2n) is 5.48. The lowest BCUT2D eigenvalue weighted by Gasteiger charge is -2.14. The quantitative estimate of drug-likeness (QED) is 0.629. The van der Waals surface area contributed by atoms with Gasteiger partial charge in [-0.15, -0.1) is 0 Å². The summed E-state index contributed by atoms with van der Waals surface area (Å²) in [5.74, 6) is 0.00777. The van der Waals surface area contributed by atoms with E-state index in [1.165, 1.54) is 6.07 Å². The Labute approximate surface area is 141 Å². The Morgan fingerprint density at radius 2 is 1.95 bits per heavy atom. The first-order valence-electron chi connectivity index (χ1n) is 7.30. The SMILES string of the molecule is CCC(C)N=C(NC(=O)c1ccc(Cl)c(Cl)c1)OCC(C)C. The average molecular weight is 345 g/mol. The smallest absolute Gasteiger partial charge is 0.291 e. The fraction of sp³-hybridized carbons (Fsp3) is 0.500. The number of benzene rings is 1. The first-order chi connectivity index (χ1) is 10.3. The fourth-order valence-corrected chi connectivity index (χ4v) is 1.75. The van der Waals surface area contributed by atoms with Gasteiger partial charge in [-0.25, -0.2) is 4.99 Å². The van der Waals surface area contributed by atoms with Crippen LogP contribution in [0.25, 0.3) is 0 Å². The monoisotopic (exact) mass is 344 g/mol. The van der Waals surface area contributed by atoms with Crippen LogP contribution in [0.2, 0.25) is 10.0 Å². The Morgan fingerprint density at radius 1 is 1.27 bits per heavy atom. The van der Waals surface area contributed by atoms with Crippen molar-refractivity contribution < 1.29 is 9.53 Å². The van der Waals surface area contributed by atoms with Gasteiger partial charge in [0.05, 0.1) is 22.7 Å². The fourth-order valence-electron chi connectivity index (χ4n) is 1.45. The molecule has 0 aliphatic carbocycles. The predicted molar refractivity (Wildman–Crippen MR) is 91.9 cm³/mol. The van der Waals surface area contributed by atoms with E-state index >= 15 is 0 Å². The molecule has 0 fully saturated rings. The van der Waals surface area contributed by atoms with Crippen molar-refractivity contribution in [1.29, 1.82) is 0 Å². The summed E-state index contributed by atoms with van der Waals surface area (Å²) < 4.78 is 5.58. The van der Waals surface area contributed by atoms with Gasteiger partial charge < -0.3 is 4.74 Å². The molecule has 0 heterocycles. The van der Waals surface area contributed by atoms with Crippen LogP contribution < -0.4 is 5.32 Å². The minimum absolute atomic E-state index is 0.0660. The highest BCUT2D eigenvalue weighted by atomic mass is 35.5. The summed E-state index contributed by atoms with van der Waals surface area (Å²) in [6.45, 7) is 8.53. The van der Waals surface area contributed by atoms with Crippen LogP contribution in [0.15, 0.2) is 23.2 Å². The number of hydrogen-bond acceptors (Lipinski definition) is 3. The summed E-state index contributed by atoms with van der Waals surface area (Å²) >= 11 is 11.8. The topological polar surface area (TPSA) is 50.7 Å². The molecule has 0 bridgehead atoms. The van der Waals surface area contributed by atoms with E-state index in [1.54, 1.807) is 12.1 Å². The number of nitrogens with zero attached hydrogens (tertiary/aromatic N) is 1. The van der Waals surface area contributed by atoms with Gasteiger partial charge in [-0.05, 0) is 37.5 Å². The molecular weight excluding hydrogens is 323 g/mol. The number of aliphatic imine (C=N–C) groups is 1. The number of amidine groups is 1. The van der Waals surface area contributed by atoms with Gasteiger partial charge in [0.2, 0.25) is 0 Å². The molecule has 0 aliphatic heterocycles. The van der Waals surface area contributed by atoms with Gasteiger partial charge in [0.1, 0.15) is 0 Å². The summed E-state index contributed by atoms with van der Waals surface area (Å²) in [4.78, 5) is 16.6. The molecule has 1 aromatic rings. The van der Waals surface area contributed by atoms with Crippen LogP contribution in [0, 0.1) is 5.92 Å². The Kier molecular flexibility index (Phi) is 7.69.